The second kappa shape index (κ2) is 11.7. The van der Waals surface area contributed by atoms with Gasteiger partial charge in [0.05, 0.1) is 6.10 Å². The lowest BCUT2D eigenvalue weighted by molar-refractivity contribution is 0.0925. The smallest absolute Gasteiger partial charge is 0.191 e. The van der Waals surface area contributed by atoms with Crippen LogP contribution in [0.25, 0.3) is 0 Å². The van der Waals surface area contributed by atoms with Crippen LogP contribution in [-0.4, -0.2) is 44.8 Å². The molecule has 0 spiro atoms. The van der Waals surface area contributed by atoms with Crippen molar-refractivity contribution in [2.45, 2.75) is 38.8 Å². The van der Waals surface area contributed by atoms with Crippen molar-refractivity contribution in [3.8, 4) is 0 Å². The van der Waals surface area contributed by atoms with Gasteiger partial charge in [0.25, 0.3) is 0 Å². The fourth-order valence-corrected chi connectivity index (χ4v) is 4.42. The van der Waals surface area contributed by atoms with E-state index in [-0.39, 0.29) is 30.1 Å². The van der Waals surface area contributed by atoms with E-state index < -0.39 is 0 Å². The highest BCUT2D eigenvalue weighted by molar-refractivity contribution is 14.0. The molecule has 4 rings (SSSR count). The zero-order valence-electron chi connectivity index (χ0n) is 18.6. The minimum Gasteiger partial charge on any atom is -0.373 e. The van der Waals surface area contributed by atoms with E-state index in [4.69, 9.17) is 9.73 Å². The number of rotatable bonds is 6. The lowest BCUT2D eigenvalue weighted by atomic mass is 9.95. The molecule has 0 radical (unpaired) electrons. The molecule has 6 heteroatoms. The summed E-state index contributed by atoms with van der Waals surface area (Å²) in [5.41, 5.74) is 3.87. The Bertz CT molecular complexity index is 827. The van der Waals surface area contributed by atoms with Gasteiger partial charge in [-0.15, -0.1) is 24.0 Å². The fourth-order valence-electron chi connectivity index (χ4n) is 4.42. The summed E-state index contributed by atoms with van der Waals surface area (Å²) >= 11 is 0. The molecule has 2 saturated heterocycles. The van der Waals surface area contributed by atoms with Crippen molar-refractivity contribution in [1.82, 2.24) is 10.6 Å². The van der Waals surface area contributed by atoms with Crippen LogP contribution in [0.5, 0.6) is 0 Å². The van der Waals surface area contributed by atoms with E-state index in [0.717, 1.165) is 51.6 Å². The highest BCUT2D eigenvalue weighted by Gasteiger charge is 2.29. The predicted molar refractivity (Wildman–Crippen MR) is 140 cm³/mol. The molecular formula is C25H35IN4O. The number of aryl methyl sites for hydroxylation is 1. The molecule has 0 amide bonds. The molecule has 2 aromatic rings. The zero-order chi connectivity index (χ0) is 20.8. The fraction of sp³-hybridized carbons (Fsp3) is 0.480. The summed E-state index contributed by atoms with van der Waals surface area (Å²) < 4.78 is 6.03. The third-order valence-corrected chi connectivity index (χ3v) is 6.10. The third-order valence-electron chi connectivity index (χ3n) is 6.10. The topological polar surface area (TPSA) is 48.9 Å². The molecule has 2 aliphatic heterocycles. The number of halogens is 1. The summed E-state index contributed by atoms with van der Waals surface area (Å²) in [5.74, 6) is 1.35. The maximum Gasteiger partial charge on any atom is 0.191 e. The van der Waals surface area contributed by atoms with Crippen molar-refractivity contribution >= 4 is 35.6 Å². The van der Waals surface area contributed by atoms with Crippen molar-refractivity contribution in [2.75, 3.05) is 37.7 Å². The maximum absolute atomic E-state index is 6.03. The van der Waals surface area contributed by atoms with Crippen LogP contribution in [0.4, 0.5) is 5.69 Å². The summed E-state index contributed by atoms with van der Waals surface area (Å²) in [4.78, 5) is 7.40. The minimum absolute atomic E-state index is 0. The molecule has 0 aromatic heterocycles. The molecule has 0 aliphatic carbocycles. The van der Waals surface area contributed by atoms with Crippen molar-refractivity contribution in [3.05, 3.63) is 65.7 Å². The Labute approximate surface area is 203 Å². The molecule has 3 unspecified atom stereocenters. The van der Waals surface area contributed by atoms with Crippen molar-refractivity contribution in [1.29, 1.82) is 0 Å². The van der Waals surface area contributed by atoms with Crippen LogP contribution < -0.4 is 15.5 Å². The molecule has 0 saturated carbocycles. The summed E-state index contributed by atoms with van der Waals surface area (Å²) in [7, 11) is 0. The van der Waals surface area contributed by atoms with Gasteiger partial charge >= 0.3 is 0 Å². The molecule has 2 aromatic carbocycles. The van der Waals surface area contributed by atoms with E-state index in [1.165, 1.54) is 16.8 Å². The zero-order valence-corrected chi connectivity index (χ0v) is 20.9. The van der Waals surface area contributed by atoms with Gasteiger partial charge in [0.1, 0.15) is 0 Å². The van der Waals surface area contributed by atoms with Crippen molar-refractivity contribution in [2.24, 2.45) is 10.9 Å². The van der Waals surface area contributed by atoms with E-state index in [1.807, 2.05) is 0 Å². The average molecular weight is 534 g/mol. The second-order valence-corrected chi connectivity index (χ2v) is 8.38. The first-order valence-electron chi connectivity index (χ1n) is 11.3. The number of aliphatic imine (C=N–C) groups is 1. The number of hydrogen-bond acceptors (Lipinski definition) is 3. The summed E-state index contributed by atoms with van der Waals surface area (Å²) in [6, 6.07) is 19.8. The Balaban J connectivity index is 0.00000272. The number of nitrogens with one attached hydrogen (secondary N) is 2. The predicted octanol–water partition coefficient (Wildman–Crippen LogP) is 4.52. The molecule has 168 valence electrons. The first-order chi connectivity index (χ1) is 14.7. The van der Waals surface area contributed by atoms with Crippen LogP contribution in [0.3, 0.4) is 0 Å². The molecule has 2 aliphatic rings. The Morgan fingerprint density at radius 3 is 2.61 bits per heavy atom. The summed E-state index contributed by atoms with van der Waals surface area (Å²) in [6.07, 6.45) is 2.34. The lowest BCUT2D eigenvalue weighted by Gasteiger charge is -2.21. The van der Waals surface area contributed by atoms with E-state index in [9.17, 15) is 0 Å². The Morgan fingerprint density at radius 1 is 1.10 bits per heavy atom. The average Bonchev–Trinajstić information content (AvgIpc) is 3.43. The molecule has 2 N–H and O–H groups in total. The number of ether oxygens (including phenoxy) is 1. The number of nitrogens with zero attached hydrogens (tertiary/aromatic N) is 2. The minimum atomic E-state index is 0. The van der Waals surface area contributed by atoms with E-state index >= 15 is 0 Å². The standard InChI is InChI=1S/C25H34N4O.HI/c1-3-26-25(27-17-21-14-16-30-24(21)20-7-5-4-6-8-20)28-22-13-15-29(18-22)23-11-9-19(2)10-12-23;/h4-12,21-22,24H,3,13-18H2,1-2H3,(H2,26,27,28);1H. The van der Waals surface area contributed by atoms with Crippen molar-refractivity contribution in [3.63, 3.8) is 0 Å². The van der Waals surface area contributed by atoms with Gasteiger partial charge in [-0.25, -0.2) is 0 Å². The number of anilines is 1. The Hall–Kier alpha value is -1.80. The van der Waals surface area contributed by atoms with E-state index in [1.54, 1.807) is 0 Å². The van der Waals surface area contributed by atoms with Gasteiger partial charge in [-0.3, -0.25) is 4.99 Å². The first-order valence-corrected chi connectivity index (χ1v) is 11.3. The van der Waals surface area contributed by atoms with Crippen LogP contribution in [0.15, 0.2) is 59.6 Å². The molecular weight excluding hydrogens is 499 g/mol. The van der Waals surface area contributed by atoms with Gasteiger partial charge in [0.15, 0.2) is 5.96 Å². The molecule has 2 heterocycles. The monoisotopic (exact) mass is 534 g/mol. The van der Waals surface area contributed by atoms with E-state index in [0.29, 0.717) is 12.0 Å². The Kier molecular flexibility index (Phi) is 9.02. The van der Waals surface area contributed by atoms with Gasteiger partial charge in [-0.1, -0.05) is 48.0 Å². The van der Waals surface area contributed by atoms with Gasteiger partial charge in [0.2, 0.25) is 0 Å². The van der Waals surface area contributed by atoms with Gasteiger partial charge in [-0.05, 0) is 44.4 Å². The number of benzene rings is 2. The van der Waals surface area contributed by atoms with Crippen LogP contribution >= 0.6 is 24.0 Å². The first kappa shape index (κ1) is 23.9. The molecule has 31 heavy (non-hydrogen) atoms. The van der Waals surface area contributed by atoms with Crippen LogP contribution in [-0.2, 0) is 4.74 Å². The Morgan fingerprint density at radius 2 is 1.87 bits per heavy atom. The number of hydrogen-bond donors (Lipinski definition) is 2. The van der Waals surface area contributed by atoms with E-state index in [2.05, 4.69) is 84.0 Å². The summed E-state index contributed by atoms with van der Waals surface area (Å²) in [6.45, 7) is 8.80. The SMILES string of the molecule is CCNC(=NCC1CCOC1c1ccccc1)NC1CCN(c2ccc(C)cc2)C1.I. The summed E-state index contributed by atoms with van der Waals surface area (Å²) in [5, 5.41) is 7.09. The molecule has 5 nitrogen and oxygen atoms in total. The van der Waals surface area contributed by atoms with Gasteiger partial charge < -0.3 is 20.3 Å². The largest absolute Gasteiger partial charge is 0.373 e. The van der Waals surface area contributed by atoms with Gasteiger partial charge in [0, 0.05) is 50.4 Å². The second-order valence-electron chi connectivity index (χ2n) is 8.38. The highest BCUT2D eigenvalue weighted by atomic mass is 127. The third kappa shape index (κ3) is 6.35. The van der Waals surface area contributed by atoms with Gasteiger partial charge in [-0.2, -0.15) is 0 Å². The van der Waals surface area contributed by atoms with Crippen LogP contribution in [0.2, 0.25) is 0 Å². The normalized spacial score (nSPS) is 23.5. The lowest BCUT2D eigenvalue weighted by Crippen LogP contribution is -2.45. The van der Waals surface area contributed by atoms with Crippen LogP contribution in [0, 0.1) is 12.8 Å². The van der Waals surface area contributed by atoms with Crippen molar-refractivity contribution < 1.29 is 4.74 Å². The maximum atomic E-state index is 6.03. The van der Waals surface area contributed by atoms with Crippen LogP contribution in [0.1, 0.15) is 37.0 Å². The molecule has 2 fully saturated rings. The molecule has 0 bridgehead atoms. The quantitative estimate of drug-likeness (QED) is 0.325. The molecule has 3 atom stereocenters. The number of guanidine groups is 1. The highest BCUT2D eigenvalue weighted by Crippen LogP contribution is 2.34.